The molecule has 1 aliphatic rings. The number of rotatable bonds is 7. The van der Waals surface area contributed by atoms with Crippen molar-refractivity contribution in [3.8, 4) is 0 Å². The van der Waals surface area contributed by atoms with Gasteiger partial charge in [0.15, 0.2) is 0 Å². The Bertz CT molecular complexity index is 583. The summed E-state index contributed by atoms with van der Waals surface area (Å²) < 4.78 is 36.3. The third-order valence-electron chi connectivity index (χ3n) is 4.71. The number of aliphatic hydroxyl groups is 2. The van der Waals surface area contributed by atoms with Crippen LogP contribution in [0.5, 0.6) is 0 Å². The van der Waals surface area contributed by atoms with E-state index in [1.165, 1.54) is 0 Å². The molecule has 0 saturated heterocycles. The van der Waals surface area contributed by atoms with Gasteiger partial charge in [0.05, 0.1) is 11.7 Å². The monoisotopic (exact) mass is 359 g/mol. The van der Waals surface area contributed by atoms with Crippen molar-refractivity contribution >= 4 is 5.91 Å². The van der Waals surface area contributed by atoms with E-state index in [1.54, 1.807) is 23.5 Å². The van der Waals surface area contributed by atoms with Crippen LogP contribution in [-0.4, -0.2) is 34.4 Å². The van der Waals surface area contributed by atoms with Crippen molar-refractivity contribution in [2.24, 2.45) is 0 Å². The number of aryl methyl sites for hydroxylation is 1. The summed E-state index contributed by atoms with van der Waals surface area (Å²) in [4.78, 5) is 10.7. The quantitative estimate of drug-likeness (QED) is 0.701. The third kappa shape index (κ3) is 6.01. The van der Waals surface area contributed by atoms with E-state index in [0.717, 1.165) is 31.2 Å². The Kier molecular flexibility index (Phi) is 6.46. The SMILES string of the molecule is O=C(NCCC(O)c1cccc(CCC2(O)CCCC2)c1)C(F)(F)F. The number of halogens is 3. The first-order valence-corrected chi connectivity index (χ1v) is 8.54. The highest BCUT2D eigenvalue weighted by Gasteiger charge is 2.38. The Morgan fingerprint density at radius 1 is 1.28 bits per heavy atom. The summed E-state index contributed by atoms with van der Waals surface area (Å²) in [5, 5.41) is 22.2. The molecule has 1 unspecified atom stereocenters. The zero-order chi connectivity index (χ0) is 18.5. The first-order valence-electron chi connectivity index (χ1n) is 8.54. The molecule has 140 valence electrons. The largest absolute Gasteiger partial charge is 0.471 e. The third-order valence-corrected chi connectivity index (χ3v) is 4.71. The van der Waals surface area contributed by atoms with Gasteiger partial charge in [-0.05, 0) is 43.2 Å². The Hall–Kier alpha value is -1.60. The van der Waals surface area contributed by atoms with Crippen LogP contribution >= 0.6 is 0 Å². The van der Waals surface area contributed by atoms with Crippen molar-refractivity contribution in [1.82, 2.24) is 5.32 Å². The molecule has 4 nitrogen and oxygen atoms in total. The van der Waals surface area contributed by atoms with Gasteiger partial charge in [-0.15, -0.1) is 0 Å². The summed E-state index contributed by atoms with van der Waals surface area (Å²) in [7, 11) is 0. The molecular weight excluding hydrogens is 335 g/mol. The molecule has 1 atom stereocenters. The van der Waals surface area contributed by atoms with Crippen LogP contribution in [0.25, 0.3) is 0 Å². The zero-order valence-electron chi connectivity index (χ0n) is 14.0. The number of aliphatic hydroxyl groups excluding tert-OH is 1. The molecular formula is C18H24F3NO3. The fraction of sp³-hybridized carbons (Fsp3) is 0.611. The van der Waals surface area contributed by atoms with Crippen LogP contribution in [0.4, 0.5) is 13.2 Å². The molecule has 1 amide bonds. The van der Waals surface area contributed by atoms with E-state index in [4.69, 9.17) is 0 Å². The second-order valence-electron chi connectivity index (χ2n) is 6.73. The van der Waals surface area contributed by atoms with E-state index in [1.807, 2.05) is 6.07 Å². The smallest absolute Gasteiger partial charge is 0.390 e. The molecule has 0 aliphatic heterocycles. The average Bonchev–Trinajstić information content (AvgIpc) is 2.99. The van der Waals surface area contributed by atoms with Gasteiger partial charge in [0.25, 0.3) is 0 Å². The summed E-state index contributed by atoms with van der Waals surface area (Å²) in [5.74, 6) is -2.00. The van der Waals surface area contributed by atoms with Gasteiger partial charge >= 0.3 is 12.1 Å². The molecule has 1 aliphatic carbocycles. The molecule has 0 radical (unpaired) electrons. The topological polar surface area (TPSA) is 69.6 Å². The van der Waals surface area contributed by atoms with Crippen molar-refractivity contribution in [1.29, 1.82) is 0 Å². The minimum atomic E-state index is -4.91. The Morgan fingerprint density at radius 2 is 1.96 bits per heavy atom. The van der Waals surface area contributed by atoms with E-state index in [2.05, 4.69) is 0 Å². The number of amides is 1. The molecule has 2 rings (SSSR count). The van der Waals surface area contributed by atoms with Gasteiger partial charge in [0, 0.05) is 6.54 Å². The maximum Gasteiger partial charge on any atom is 0.471 e. The minimum absolute atomic E-state index is 0.00475. The van der Waals surface area contributed by atoms with Crippen molar-refractivity contribution in [2.45, 2.75) is 62.8 Å². The number of hydrogen-bond acceptors (Lipinski definition) is 3. The van der Waals surface area contributed by atoms with E-state index in [-0.39, 0.29) is 13.0 Å². The lowest BCUT2D eigenvalue weighted by Gasteiger charge is -2.22. The molecule has 1 saturated carbocycles. The van der Waals surface area contributed by atoms with Crippen LogP contribution in [0.1, 0.15) is 55.8 Å². The Balaban J connectivity index is 1.84. The molecule has 0 bridgehead atoms. The molecule has 7 heteroatoms. The highest BCUT2D eigenvalue weighted by atomic mass is 19.4. The molecule has 1 aromatic carbocycles. The fourth-order valence-corrected chi connectivity index (χ4v) is 3.21. The molecule has 0 heterocycles. The van der Waals surface area contributed by atoms with Crippen molar-refractivity contribution < 1.29 is 28.2 Å². The van der Waals surface area contributed by atoms with Crippen LogP contribution < -0.4 is 5.32 Å². The predicted molar refractivity (Wildman–Crippen MR) is 86.8 cm³/mol. The summed E-state index contributed by atoms with van der Waals surface area (Å²) in [5.41, 5.74) is 0.963. The van der Waals surface area contributed by atoms with Gasteiger partial charge in [0.2, 0.25) is 0 Å². The molecule has 0 aromatic heterocycles. The van der Waals surface area contributed by atoms with Crippen molar-refractivity contribution in [3.63, 3.8) is 0 Å². The second kappa shape index (κ2) is 8.19. The maximum atomic E-state index is 12.1. The Labute approximate surface area is 145 Å². The number of carbonyl (C=O) groups excluding carboxylic acids is 1. The molecule has 1 fully saturated rings. The van der Waals surface area contributed by atoms with E-state index >= 15 is 0 Å². The van der Waals surface area contributed by atoms with Crippen LogP contribution in [0, 0.1) is 0 Å². The average molecular weight is 359 g/mol. The van der Waals surface area contributed by atoms with Crippen LogP contribution in [0.15, 0.2) is 24.3 Å². The fourth-order valence-electron chi connectivity index (χ4n) is 3.21. The van der Waals surface area contributed by atoms with E-state index in [9.17, 15) is 28.2 Å². The van der Waals surface area contributed by atoms with Crippen molar-refractivity contribution in [2.75, 3.05) is 6.54 Å². The summed E-state index contributed by atoms with van der Waals surface area (Å²) in [6.45, 7) is -0.260. The lowest BCUT2D eigenvalue weighted by Crippen LogP contribution is -2.37. The van der Waals surface area contributed by atoms with Crippen LogP contribution in [-0.2, 0) is 11.2 Å². The van der Waals surface area contributed by atoms with E-state index < -0.39 is 23.8 Å². The second-order valence-corrected chi connectivity index (χ2v) is 6.73. The first-order chi connectivity index (χ1) is 11.7. The van der Waals surface area contributed by atoms with Crippen LogP contribution in [0.2, 0.25) is 0 Å². The highest BCUT2D eigenvalue weighted by Crippen LogP contribution is 2.33. The van der Waals surface area contributed by atoms with Gasteiger partial charge in [-0.2, -0.15) is 13.2 Å². The highest BCUT2D eigenvalue weighted by molar-refractivity contribution is 5.81. The number of hydrogen-bond donors (Lipinski definition) is 3. The maximum absolute atomic E-state index is 12.1. The van der Waals surface area contributed by atoms with Gasteiger partial charge in [0.1, 0.15) is 0 Å². The normalized spacial score (nSPS) is 18.1. The number of nitrogens with one attached hydrogen (secondary N) is 1. The standard InChI is InChI=1S/C18H24F3NO3/c19-18(20,21)16(24)22-11-7-15(23)14-5-3-4-13(12-14)6-10-17(25)8-1-2-9-17/h3-5,12,15,23,25H,1-2,6-11H2,(H,22,24). The molecule has 3 N–H and O–H groups in total. The lowest BCUT2D eigenvalue weighted by molar-refractivity contribution is -0.173. The number of carbonyl (C=O) groups is 1. The van der Waals surface area contributed by atoms with Crippen molar-refractivity contribution in [3.05, 3.63) is 35.4 Å². The summed E-state index contributed by atoms with van der Waals surface area (Å²) in [6.07, 6.45) is -0.820. The predicted octanol–water partition coefficient (Wildman–Crippen LogP) is 3.03. The summed E-state index contributed by atoms with van der Waals surface area (Å²) >= 11 is 0. The lowest BCUT2D eigenvalue weighted by atomic mass is 9.92. The zero-order valence-corrected chi connectivity index (χ0v) is 14.0. The van der Waals surface area contributed by atoms with Crippen LogP contribution in [0.3, 0.4) is 0 Å². The number of benzene rings is 1. The summed E-state index contributed by atoms with van der Waals surface area (Å²) in [6, 6.07) is 7.18. The number of alkyl halides is 3. The molecule has 1 aromatic rings. The minimum Gasteiger partial charge on any atom is -0.390 e. The Morgan fingerprint density at radius 3 is 2.60 bits per heavy atom. The molecule has 25 heavy (non-hydrogen) atoms. The first kappa shape index (κ1) is 19.7. The van der Waals surface area contributed by atoms with Gasteiger partial charge in [-0.1, -0.05) is 37.1 Å². The van der Waals surface area contributed by atoms with Gasteiger partial charge in [-0.25, -0.2) is 0 Å². The van der Waals surface area contributed by atoms with Gasteiger partial charge in [-0.3, -0.25) is 4.79 Å². The van der Waals surface area contributed by atoms with E-state index in [0.29, 0.717) is 18.4 Å². The van der Waals surface area contributed by atoms with Gasteiger partial charge < -0.3 is 15.5 Å². The molecule has 0 spiro atoms.